The number of likely N-dealkylation sites (tertiary alicyclic amines) is 1. The van der Waals surface area contributed by atoms with E-state index in [0.717, 1.165) is 25.9 Å². The fourth-order valence-electron chi connectivity index (χ4n) is 3.76. The van der Waals surface area contributed by atoms with Gasteiger partial charge in [-0.25, -0.2) is 4.99 Å². The van der Waals surface area contributed by atoms with Crippen molar-refractivity contribution in [2.24, 2.45) is 12.0 Å². The van der Waals surface area contributed by atoms with E-state index in [4.69, 9.17) is 0 Å². The normalized spacial score (nSPS) is 18.0. The third kappa shape index (κ3) is 5.98. The van der Waals surface area contributed by atoms with Crippen LogP contribution in [-0.4, -0.2) is 46.3 Å². The van der Waals surface area contributed by atoms with Crippen LogP contribution in [0.3, 0.4) is 0 Å². The van der Waals surface area contributed by atoms with Gasteiger partial charge in [0.15, 0.2) is 11.7 Å². The number of hydrogen-bond donors (Lipinski definition) is 2. The van der Waals surface area contributed by atoms with Crippen LogP contribution in [0.5, 0.6) is 0 Å². The summed E-state index contributed by atoms with van der Waals surface area (Å²) in [6.07, 6.45) is -0.897. The molecular formula is C21H29F3N6. The molecule has 0 radical (unpaired) electrons. The van der Waals surface area contributed by atoms with Gasteiger partial charge in [-0.3, -0.25) is 9.58 Å². The Hall–Kier alpha value is -2.55. The molecule has 1 saturated heterocycles. The van der Waals surface area contributed by atoms with E-state index in [1.807, 2.05) is 25.1 Å². The largest absolute Gasteiger partial charge is 0.435 e. The first-order valence-corrected chi connectivity index (χ1v) is 10.3. The lowest BCUT2D eigenvalue weighted by Gasteiger charge is -2.25. The number of aliphatic imine (C=N–C) groups is 1. The zero-order chi connectivity index (χ0) is 21.6. The third-order valence-corrected chi connectivity index (χ3v) is 5.16. The fourth-order valence-corrected chi connectivity index (χ4v) is 3.76. The van der Waals surface area contributed by atoms with Crippen molar-refractivity contribution in [3.63, 3.8) is 0 Å². The van der Waals surface area contributed by atoms with Gasteiger partial charge in [-0.1, -0.05) is 30.3 Å². The maximum Gasteiger partial charge on any atom is 0.435 e. The molecule has 30 heavy (non-hydrogen) atoms. The van der Waals surface area contributed by atoms with E-state index in [9.17, 15) is 13.2 Å². The quantitative estimate of drug-likeness (QED) is 0.532. The summed E-state index contributed by atoms with van der Waals surface area (Å²) in [7, 11) is 1.48. The highest BCUT2D eigenvalue weighted by molar-refractivity contribution is 5.79. The van der Waals surface area contributed by atoms with Gasteiger partial charge in [-0.05, 0) is 31.9 Å². The summed E-state index contributed by atoms with van der Waals surface area (Å²) in [5.41, 5.74) is 0.462. The van der Waals surface area contributed by atoms with E-state index in [1.54, 1.807) is 0 Å². The first-order valence-electron chi connectivity index (χ1n) is 10.3. The summed E-state index contributed by atoms with van der Waals surface area (Å²) in [5.74, 6) is 0.515. The molecule has 0 saturated carbocycles. The third-order valence-electron chi connectivity index (χ3n) is 5.16. The van der Waals surface area contributed by atoms with Crippen LogP contribution in [0.15, 0.2) is 41.5 Å². The Balaban J connectivity index is 1.61. The molecule has 1 atom stereocenters. The van der Waals surface area contributed by atoms with Crippen LogP contribution in [0.2, 0.25) is 0 Å². The lowest BCUT2D eigenvalue weighted by atomic mass is 10.2. The van der Waals surface area contributed by atoms with Gasteiger partial charge in [0.1, 0.15) is 0 Å². The van der Waals surface area contributed by atoms with Crippen molar-refractivity contribution in [3.05, 3.63) is 53.3 Å². The number of benzene rings is 1. The Labute approximate surface area is 175 Å². The second-order valence-corrected chi connectivity index (χ2v) is 7.50. The number of nitrogens with zero attached hydrogens (tertiary/aromatic N) is 4. The van der Waals surface area contributed by atoms with Crippen molar-refractivity contribution < 1.29 is 13.2 Å². The second kappa shape index (κ2) is 9.97. The van der Waals surface area contributed by atoms with Crippen molar-refractivity contribution in [2.45, 2.75) is 45.1 Å². The molecule has 0 spiro atoms. The minimum Gasteiger partial charge on any atom is -0.357 e. The molecule has 1 aliphatic heterocycles. The summed E-state index contributed by atoms with van der Waals surface area (Å²) < 4.78 is 40.6. The smallest absolute Gasteiger partial charge is 0.357 e. The number of hydrogen-bond acceptors (Lipinski definition) is 3. The van der Waals surface area contributed by atoms with E-state index in [0.29, 0.717) is 25.1 Å². The standard InChI is InChI=1S/C21H29F3N6/c1-3-25-20(26-12-17-15-29(2)28-19(17)21(22,23)24)27-13-18-10-7-11-30(18)14-16-8-5-4-6-9-16/h4-6,8-9,15,18H,3,7,10-14H2,1-2H3,(H2,25,26,27). The molecule has 0 amide bonds. The number of rotatable bonds is 7. The number of halogens is 3. The molecule has 0 bridgehead atoms. The molecule has 0 aliphatic carbocycles. The van der Waals surface area contributed by atoms with Gasteiger partial charge in [0.25, 0.3) is 0 Å². The second-order valence-electron chi connectivity index (χ2n) is 7.50. The molecule has 2 N–H and O–H groups in total. The number of guanidine groups is 1. The number of aryl methyl sites for hydroxylation is 1. The van der Waals surface area contributed by atoms with Crippen molar-refractivity contribution in [1.82, 2.24) is 25.3 Å². The maximum atomic E-state index is 13.1. The van der Waals surface area contributed by atoms with E-state index in [1.165, 1.54) is 23.5 Å². The average Bonchev–Trinajstić information content (AvgIpc) is 3.30. The molecule has 1 aliphatic rings. The molecule has 1 aromatic carbocycles. The highest BCUT2D eigenvalue weighted by atomic mass is 19.4. The summed E-state index contributed by atoms with van der Waals surface area (Å²) in [6, 6.07) is 10.7. The van der Waals surface area contributed by atoms with Crippen LogP contribution in [-0.2, 0) is 26.3 Å². The molecular weight excluding hydrogens is 393 g/mol. The zero-order valence-corrected chi connectivity index (χ0v) is 17.4. The van der Waals surface area contributed by atoms with Crippen molar-refractivity contribution in [2.75, 3.05) is 19.6 Å². The molecule has 164 valence electrons. The van der Waals surface area contributed by atoms with Gasteiger partial charge in [-0.2, -0.15) is 18.3 Å². The SMILES string of the molecule is CCNC(=NCc1cn(C)nc1C(F)(F)F)NCC1CCCN1Cc1ccccc1. The predicted molar refractivity (Wildman–Crippen MR) is 111 cm³/mol. The first kappa shape index (κ1) is 22.1. The van der Waals surface area contributed by atoms with Crippen molar-refractivity contribution in [3.8, 4) is 0 Å². The molecule has 1 fully saturated rings. The average molecular weight is 422 g/mol. The fraction of sp³-hybridized carbons (Fsp3) is 0.524. The Morgan fingerprint density at radius 3 is 2.70 bits per heavy atom. The van der Waals surface area contributed by atoms with Gasteiger partial charge in [0, 0.05) is 44.5 Å². The minimum atomic E-state index is -4.49. The summed E-state index contributed by atoms with van der Waals surface area (Å²) in [5, 5.41) is 9.96. The Bertz CT molecular complexity index is 831. The molecule has 2 heterocycles. The Morgan fingerprint density at radius 2 is 2.00 bits per heavy atom. The summed E-state index contributed by atoms with van der Waals surface area (Å²) in [6.45, 7) is 5.10. The highest BCUT2D eigenvalue weighted by Gasteiger charge is 2.36. The van der Waals surface area contributed by atoms with E-state index >= 15 is 0 Å². The zero-order valence-electron chi connectivity index (χ0n) is 17.4. The monoisotopic (exact) mass is 422 g/mol. The predicted octanol–water partition coefficient (Wildman–Crippen LogP) is 3.16. The number of nitrogens with one attached hydrogen (secondary N) is 2. The summed E-state index contributed by atoms with van der Waals surface area (Å²) in [4.78, 5) is 6.80. The number of alkyl halides is 3. The van der Waals surface area contributed by atoms with Crippen LogP contribution in [0.1, 0.15) is 36.6 Å². The van der Waals surface area contributed by atoms with Crippen LogP contribution >= 0.6 is 0 Å². The van der Waals surface area contributed by atoms with Crippen molar-refractivity contribution >= 4 is 5.96 Å². The number of aromatic nitrogens is 2. The molecule has 9 heteroatoms. The highest BCUT2D eigenvalue weighted by Crippen LogP contribution is 2.30. The molecule has 1 unspecified atom stereocenters. The first-order chi connectivity index (χ1) is 14.4. The van der Waals surface area contributed by atoms with Crippen LogP contribution in [0.25, 0.3) is 0 Å². The van der Waals surface area contributed by atoms with E-state index < -0.39 is 11.9 Å². The lowest BCUT2D eigenvalue weighted by molar-refractivity contribution is -0.142. The van der Waals surface area contributed by atoms with Gasteiger partial charge in [-0.15, -0.1) is 0 Å². The van der Waals surface area contributed by atoms with E-state index in [-0.39, 0.29) is 12.1 Å². The van der Waals surface area contributed by atoms with Gasteiger partial charge < -0.3 is 10.6 Å². The van der Waals surface area contributed by atoms with Crippen LogP contribution in [0, 0.1) is 0 Å². The molecule has 3 rings (SSSR count). The Morgan fingerprint density at radius 1 is 1.23 bits per heavy atom. The van der Waals surface area contributed by atoms with Gasteiger partial charge >= 0.3 is 6.18 Å². The van der Waals surface area contributed by atoms with Gasteiger partial charge in [0.05, 0.1) is 6.54 Å². The lowest BCUT2D eigenvalue weighted by Crippen LogP contribution is -2.44. The molecule has 2 aromatic rings. The van der Waals surface area contributed by atoms with Crippen molar-refractivity contribution in [1.29, 1.82) is 0 Å². The molecule has 6 nitrogen and oxygen atoms in total. The Kier molecular flexibility index (Phi) is 7.36. The minimum absolute atomic E-state index is 0.0637. The van der Waals surface area contributed by atoms with Crippen LogP contribution < -0.4 is 10.6 Å². The van der Waals surface area contributed by atoms with Crippen LogP contribution in [0.4, 0.5) is 13.2 Å². The molecule has 1 aromatic heterocycles. The summed E-state index contributed by atoms with van der Waals surface area (Å²) >= 11 is 0. The van der Waals surface area contributed by atoms with E-state index in [2.05, 4.69) is 37.8 Å². The topological polar surface area (TPSA) is 57.5 Å². The van der Waals surface area contributed by atoms with Gasteiger partial charge in [0.2, 0.25) is 0 Å². The maximum absolute atomic E-state index is 13.1.